The van der Waals surface area contributed by atoms with Crippen molar-refractivity contribution in [3.8, 4) is 0 Å². The summed E-state index contributed by atoms with van der Waals surface area (Å²) in [6, 6.07) is 0. The molecule has 0 aromatic heterocycles. The van der Waals surface area contributed by atoms with Gasteiger partial charge in [0.1, 0.15) is 0 Å². The molecule has 0 unspecified atom stereocenters. The molecule has 0 amide bonds. The lowest BCUT2D eigenvalue weighted by Gasteiger charge is -2.31. The first-order valence-corrected chi connectivity index (χ1v) is 8.59. The highest BCUT2D eigenvalue weighted by Gasteiger charge is 2.16. The molecule has 1 heteroatoms. The Bertz CT molecular complexity index is 126. The van der Waals surface area contributed by atoms with E-state index in [1.807, 2.05) is 27.7 Å². The van der Waals surface area contributed by atoms with Crippen molar-refractivity contribution in [1.29, 1.82) is 0 Å². The van der Waals surface area contributed by atoms with Crippen molar-refractivity contribution in [2.24, 2.45) is 5.92 Å². The van der Waals surface area contributed by atoms with E-state index in [1.54, 1.807) is 0 Å². The van der Waals surface area contributed by atoms with Gasteiger partial charge >= 0.3 is 0 Å². The molecule has 0 N–H and O–H groups in total. The largest absolute Gasteiger partial charge is 0.303 e. The number of piperidine rings is 1. The van der Waals surface area contributed by atoms with E-state index in [4.69, 9.17) is 0 Å². The first kappa shape index (κ1) is 20.3. The van der Waals surface area contributed by atoms with E-state index in [-0.39, 0.29) is 0 Å². The van der Waals surface area contributed by atoms with Crippen molar-refractivity contribution in [3.63, 3.8) is 0 Å². The predicted octanol–water partition coefficient (Wildman–Crippen LogP) is 5.74. The van der Waals surface area contributed by atoms with Crippen molar-refractivity contribution in [1.82, 2.24) is 4.90 Å². The molecule has 0 radical (unpaired) electrons. The van der Waals surface area contributed by atoms with Gasteiger partial charge in [-0.2, -0.15) is 0 Å². The molecule has 0 aromatic carbocycles. The topological polar surface area (TPSA) is 3.24 Å². The van der Waals surface area contributed by atoms with E-state index in [0.29, 0.717) is 0 Å². The zero-order chi connectivity index (χ0) is 14.2. The normalized spacial score (nSPS) is 16.3. The summed E-state index contributed by atoms with van der Waals surface area (Å²) < 4.78 is 0. The highest BCUT2D eigenvalue weighted by atomic mass is 15.1. The molecule has 1 aliphatic rings. The quantitative estimate of drug-likeness (QED) is 0.548. The van der Waals surface area contributed by atoms with Gasteiger partial charge in [-0.15, -0.1) is 0 Å². The van der Waals surface area contributed by atoms with E-state index < -0.39 is 0 Å². The van der Waals surface area contributed by atoms with Crippen molar-refractivity contribution in [2.75, 3.05) is 19.6 Å². The maximum absolute atomic E-state index is 2.67. The van der Waals surface area contributed by atoms with E-state index >= 15 is 0 Å². The van der Waals surface area contributed by atoms with Crippen LogP contribution in [0.3, 0.4) is 0 Å². The second-order valence-corrected chi connectivity index (χ2v) is 4.75. The van der Waals surface area contributed by atoms with Crippen LogP contribution in [0.4, 0.5) is 0 Å². The molecule has 1 nitrogen and oxygen atoms in total. The van der Waals surface area contributed by atoms with Gasteiger partial charge in [-0.25, -0.2) is 0 Å². The van der Waals surface area contributed by atoms with Crippen LogP contribution in [0.15, 0.2) is 0 Å². The third kappa shape index (κ3) is 11.1. The van der Waals surface area contributed by atoms with E-state index in [0.717, 1.165) is 5.92 Å². The minimum atomic E-state index is 1.03. The summed E-state index contributed by atoms with van der Waals surface area (Å²) in [6.45, 7) is 16.7. The summed E-state index contributed by atoms with van der Waals surface area (Å²) in [5.74, 6) is 1.03. The van der Waals surface area contributed by atoms with Gasteiger partial charge < -0.3 is 4.90 Å². The molecule has 1 saturated heterocycles. The SMILES string of the molecule is CC.CC.CCCCCCN1CCC(CC)CC1. The number of hydrogen-bond acceptors (Lipinski definition) is 1. The molecule has 0 aliphatic carbocycles. The minimum absolute atomic E-state index is 1.03. The van der Waals surface area contributed by atoms with Gasteiger partial charge in [0.15, 0.2) is 0 Å². The summed E-state index contributed by atoms with van der Waals surface area (Å²) in [5.41, 5.74) is 0. The molecule has 1 aliphatic heterocycles. The lowest BCUT2D eigenvalue weighted by Crippen LogP contribution is -2.34. The molecule has 1 heterocycles. The van der Waals surface area contributed by atoms with Crippen LogP contribution in [0.2, 0.25) is 0 Å². The zero-order valence-corrected chi connectivity index (χ0v) is 14.1. The van der Waals surface area contributed by atoms with Crippen LogP contribution in [-0.2, 0) is 0 Å². The Labute approximate surface area is 117 Å². The molecule has 1 rings (SSSR count). The zero-order valence-electron chi connectivity index (χ0n) is 14.1. The first-order valence-electron chi connectivity index (χ1n) is 8.59. The fraction of sp³-hybridized carbons (Fsp3) is 1.00. The standard InChI is InChI=1S/C13H27N.2C2H6/c1-3-5-6-7-10-14-11-8-13(4-2)9-12-14;2*1-2/h13H,3-12H2,1-2H3;2*1-2H3. The van der Waals surface area contributed by atoms with Crippen LogP contribution in [0.25, 0.3) is 0 Å². The van der Waals surface area contributed by atoms with Crippen molar-refractivity contribution < 1.29 is 0 Å². The van der Waals surface area contributed by atoms with Crippen molar-refractivity contribution in [2.45, 2.75) is 86.5 Å². The fourth-order valence-electron chi connectivity index (χ4n) is 2.38. The monoisotopic (exact) mass is 257 g/mol. The summed E-state index contributed by atoms with van der Waals surface area (Å²) in [5, 5.41) is 0. The molecule has 18 heavy (non-hydrogen) atoms. The third-order valence-electron chi connectivity index (χ3n) is 3.61. The predicted molar refractivity (Wildman–Crippen MR) is 86.3 cm³/mol. The summed E-state index contributed by atoms with van der Waals surface area (Å²) >= 11 is 0. The Hall–Kier alpha value is -0.0400. The Morgan fingerprint density at radius 3 is 1.83 bits per heavy atom. The fourth-order valence-corrected chi connectivity index (χ4v) is 2.38. The molecule has 0 bridgehead atoms. The van der Waals surface area contributed by atoms with E-state index in [2.05, 4.69) is 18.7 Å². The van der Waals surface area contributed by atoms with Crippen LogP contribution in [0.1, 0.15) is 86.5 Å². The van der Waals surface area contributed by atoms with Gasteiger partial charge in [0.05, 0.1) is 0 Å². The molecule has 1 fully saturated rings. The highest BCUT2D eigenvalue weighted by Crippen LogP contribution is 2.20. The average molecular weight is 258 g/mol. The summed E-state index contributed by atoms with van der Waals surface area (Å²) in [4.78, 5) is 2.67. The molecule has 0 atom stereocenters. The Morgan fingerprint density at radius 1 is 0.833 bits per heavy atom. The van der Waals surface area contributed by atoms with Crippen LogP contribution in [0.5, 0.6) is 0 Å². The Kier molecular flexibility index (Phi) is 19.1. The summed E-state index contributed by atoms with van der Waals surface area (Å²) in [7, 11) is 0. The van der Waals surface area contributed by atoms with Gasteiger partial charge in [0, 0.05) is 0 Å². The van der Waals surface area contributed by atoms with Gasteiger partial charge in [-0.1, -0.05) is 67.2 Å². The van der Waals surface area contributed by atoms with E-state index in [9.17, 15) is 0 Å². The first-order chi connectivity index (χ1) is 8.86. The van der Waals surface area contributed by atoms with Crippen molar-refractivity contribution in [3.05, 3.63) is 0 Å². The van der Waals surface area contributed by atoms with Gasteiger partial charge in [0.25, 0.3) is 0 Å². The summed E-state index contributed by atoms with van der Waals surface area (Å²) in [6.07, 6.45) is 9.93. The molecule has 0 saturated carbocycles. The van der Waals surface area contributed by atoms with Gasteiger partial charge in [-0.05, 0) is 44.8 Å². The third-order valence-corrected chi connectivity index (χ3v) is 3.61. The molecule has 112 valence electrons. The number of nitrogens with zero attached hydrogens (tertiary/aromatic N) is 1. The molecular weight excluding hydrogens is 218 g/mol. The second-order valence-electron chi connectivity index (χ2n) is 4.75. The Morgan fingerprint density at radius 2 is 1.39 bits per heavy atom. The lowest BCUT2D eigenvalue weighted by atomic mass is 9.94. The van der Waals surface area contributed by atoms with E-state index in [1.165, 1.54) is 64.6 Å². The maximum atomic E-state index is 2.67. The minimum Gasteiger partial charge on any atom is -0.303 e. The Balaban J connectivity index is 0. The number of hydrogen-bond donors (Lipinski definition) is 0. The van der Waals surface area contributed by atoms with Crippen LogP contribution in [-0.4, -0.2) is 24.5 Å². The molecule has 0 spiro atoms. The smallest absolute Gasteiger partial charge is 0.00161 e. The van der Waals surface area contributed by atoms with Crippen LogP contribution < -0.4 is 0 Å². The maximum Gasteiger partial charge on any atom is -0.00161 e. The van der Waals surface area contributed by atoms with Crippen LogP contribution >= 0.6 is 0 Å². The number of likely N-dealkylation sites (tertiary alicyclic amines) is 1. The van der Waals surface area contributed by atoms with Crippen LogP contribution in [0, 0.1) is 5.92 Å². The molecular formula is C17H39N. The highest BCUT2D eigenvalue weighted by molar-refractivity contribution is 4.71. The number of rotatable bonds is 6. The number of unbranched alkanes of at least 4 members (excludes halogenated alkanes) is 3. The van der Waals surface area contributed by atoms with Gasteiger partial charge in [0.2, 0.25) is 0 Å². The average Bonchev–Trinajstić information content (AvgIpc) is 2.48. The second kappa shape index (κ2) is 17.0. The van der Waals surface area contributed by atoms with Gasteiger partial charge in [-0.3, -0.25) is 0 Å². The lowest BCUT2D eigenvalue weighted by molar-refractivity contribution is 0.179. The molecule has 0 aromatic rings. The van der Waals surface area contributed by atoms with Crippen molar-refractivity contribution >= 4 is 0 Å².